The number of rotatable bonds is 5. The Morgan fingerprint density at radius 2 is 2.18 bits per heavy atom. The summed E-state index contributed by atoms with van der Waals surface area (Å²) in [6, 6.07) is 7.32. The van der Waals surface area contributed by atoms with Crippen molar-refractivity contribution in [2.24, 2.45) is 0 Å². The molecule has 1 N–H and O–H groups in total. The van der Waals surface area contributed by atoms with E-state index in [9.17, 15) is 9.59 Å². The van der Waals surface area contributed by atoms with Gasteiger partial charge in [-0.25, -0.2) is 0 Å². The van der Waals surface area contributed by atoms with Gasteiger partial charge in [0.05, 0.1) is 13.2 Å². The molecule has 1 heterocycles. The van der Waals surface area contributed by atoms with Gasteiger partial charge in [-0.3, -0.25) is 14.5 Å². The van der Waals surface area contributed by atoms with Crippen LogP contribution in [0.5, 0.6) is 0 Å². The van der Waals surface area contributed by atoms with E-state index in [1.165, 1.54) is 0 Å². The monoisotopic (exact) mass is 322 g/mol. The van der Waals surface area contributed by atoms with Crippen molar-refractivity contribution in [2.75, 3.05) is 36.5 Å². The molecular formula is C16H22N2O3S. The highest BCUT2D eigenvalue weighted by molar-refractivity contribution is 7.99. The van der Waals surface area contributed by atoms with E-state index < -0.39 is 0 Å². The van der Waals surface area contributed by atoms with Crippen LogP contribution in [0.4, 0.5) is 5.69 Å². The zero-order valence-electron chi connectivity index (χ0n) is 13.0. The Balaban J connectivity index is 1.96. The molecule has 0 aromatic heterocycles. The lowest BCUT2D eigenvalue weighted by atomic mass is 10.2. The number of hydrogen-bond acceptors (Lipinski definition) is 5. The number of benzene rings is 1. The largest absolute Gasteiger partial charge is 0.465 e. The van der Waals surface area contributed by atoms with E-state index in [-0.39, 0.29) is 24.5 Å². The van der Waals surface area contributed by atoms with Crippen LogP contribution in [0.3, 0.4) is 0 Å². The van der Waals surface area contributed by atoms with Crippen LogP contribution < -0.4 is 5.32 Å². The van der Waals surface area contributed by atoms with E-state index in [4.69, 9.17) is 4.74 Å². The second kappa shape index (κ2) is 8.19. The fraction of sp³-hybridized carbons (Fsp3) is 0.500. The van der Waals surface area contributed by atoms with Gasteiger partial charge in [-0.05, 0) is 25.5 Å². The molecule has 1 unspecified atom stereocenters. The lowest BCUT2D eigenvalue weighted by Crippen LogP contribution is -2.50. The van der Waals surface area contributed by atoms with Gasteiger partial charge in [-0.2, -0.15) is 11.8 Å². The molecule has 1 fully saturated rings. The molecule has 22 heavy (non-hydrogen) atoms. The number of anilines is 1. The molecule has 0 bridgehead atoms. The molecule has 0 aliphatic carbocycles. The van der Waals surface area contributed by atoms with Crippen molar-refractivity contribution in [3.8, 4) is 0 Å². The van der Waals surface area contributed by atoms with E-state index in [0.717, 1.165) is 23.5 Å². The standard InChI is InChI=1S/C16H22N2O3S/c1-3-21-16(20)14-11-22-9-8-18(14)10-15(19)17-13-7-5-4-6-12(13)2/h4-7,14H,3,8-11H2,1-2H3,(H,17,19). The summed E-state index contributed by atoms with van der Waals surface area (Å²) < 4.78 is 5.10. The average Bonchev–Trinajstić information content (AvgIpc) is 2.50. The Bertz CT molecular complexity index is 536. The SMILES string of the molecule is CCOC(=O)C1CSCCN1CC(=O)Nc1ccccc1C. The van der Waals surface area contributed by atoms with Crippen LogP contribution >= 0.6 is 11.8 Å². The Kier molecular flexibility index (Phi) is 6.27. The molecule has 0 radical (unpaired) electrons. The zero-order valence-corrected chi connectivity index (χ0v) is 13.8. The molecule has 1 saturated heterocycles. The van der Waals surface area contributed by atoms with Crippen molar-refractivity contribution in [1.29, 1.82) is 0 Å². The average molecular weight is 322 g/mol. The highest BCUT2D eigenvalue weighted by Gasteiger charge is 2.31. The number of thioether (sulfide) groups is 1. The summed E-state index contributed by atoms with van der Waals surface area (Å²) in [5.41, 5.74) is 1.83. The zero-order chi connectivity index (χ0) is 15.9. The third kappa shape index (κ3) is 4.48. The predicted octanol–water partition coefficient (Wildman–Crippen LogP) is 1.91. The van der Waals surface area contributed by atoms with Crippen LogP contribution in [-0.4, -0.2) is 54.0 Å². The second-order valence-corrected chi connectivity index (χ2v) is 6.33. The van der Waals surface area contributed by atoms with Crippen LogP contribution in [0.15, 0.2) is 24.3 Å². The molecule has 1 aromatic carbocycles. The van der Waals surface area contributed by atoms with Gasteiger partial charge in [0.15, 0.2) is 0 Å². The van der Waals surface area contributed by atoms with E-state index in [1.807, 2.05) is 36.1 Å². The Labute approximate surface area is 135 Å². The maximum atomic E-state index is 12.2. The van der Waals surface area contributed by atoms with Gasteiger partial charge in [0.1, 0.15) is 6.04 Å². The number of hydrogen-bond donors (Lipinski definition) is 1. The maximum Gasteiger partial charge on any atom is 0.324 e. The minimum Gasteiger partial charge on any atom is -0.465 e. The first-order valence-electron chi connectivity index (χ1n) is 7.45. The number of esters is 1. The number of nitrogens with zero attached hydrogens (tertiary/aromatic N) is 1. The van der Waals surface area contributed by atoms with Crippen molar-refractivity contribution in [1.82, 2.24) is 4.90 Å². The minimum atomic E-state index is -0.332. The summed E-state index contributed by atoms with van der Waals surface area (Å²) in [5.74, 6) is 1.26. The van der Waals surface area contributed by atoms with Crippen LogP contribution in [0.25, 0.3) is 0 Å². The highest BCUT2D eigenvalue weighted by atomic mass is 32.2. The van der Waals surface area contributed by atoms with Crippen molar-refractivity contribution in [3.05, 3.63) is 29.8 Å². The van der Waals surface area contributed by atoms with Crippen LogP contribution in [0.1, 0.15) is 12.5 Å². The molecule has 1 amide bonds. The highest BCUT2D eigenvalue weighted by Crippen LogP contribution is 2.18. The van der Waals surface area contributed by atoms with Crippen LogP contribution in [0, 0.1) is 6.92 Å². The summed E-state index contributed by atoms with van der Waals surface area (Å²) in [4.78, 5) is 26.1. The second-order valence-electron chi connectivity index (χ2n) is 5.18. The van der Waals surface area contributed by atoms with Gasteiger partial charge in [-0.1, -0.05) is 18.2 Å². The molecule has 5 nitrogen and oxygen atoms in total. The van der Waals surface area contributed by atoms with Crippen LogP contribution in [-0.2, 0) is 14.3 Å². The molecule has 1 atom stereocenters. The van der Waals surface area contributed by atoms with E-state index in [2.05, 4.69) is 5.32 Å². The quantitative estimate of drug-likeness (QED) is 0.839. The normalized spacial score (nSPS) is 18.7. The summed E-state index contributed by atoms with van der Waals surface area (Å²) in [6.07, 6.45) is 0. The van der Waals surface area contributed by atoms with Gasteiger partial charge >= 0.3 is 5.97 Å². The lowest BCUT2D eigenvalue weighted by Gasteiger charge is -2.32. The summed E-state index contributed by atoms with van der Waals surface area (Å²) in [6.45, 7) is 5.04. The van der Waals surface area contributed by atoms with Crippen LogP contribution in [0.2, 0.25) is 0 Å². The first-order chi connectivity index (χ1) is 10.6. The third-order valence-corrected chi connectivity index (χ3v) is 4.59. The van der Waals surface area contributed by atoms with Gasteiger partial charge < -0.3 is 10.1 Å². The molecule has 120 valence electrons. The minimum absolute atomic E-state index is 0.101. The number of carbonyl (C=O) groups is 2. The molecule has 1 aliphatic rings. The summed E-state index contributed by atoms with van der Waals surface area (Å²) >= 11 is 1.72. The predicted molar refractivity (Wildman–Crippen MR) is 89.1 cm³/mol. The molecule has 2 rings (SSSR count). The van der Waals surface area contributed by atoms with Crippen molar-refractivity contribution in [3.63, 3.8) is 0 Å². The van der Waals surface area contributed by atoms with Crippen molar-refractivity contribution >= 4 is 29.3 Å². The van der Waals surface area contributed by atoms with Gasteiger partial charge in [0.25, 0.3) is 0 Å². The van der Waals surface area contributed by atoms with Gasteiger partial charge in [0, 0.05) is 23.7 Å². The number of aryl methyl sites for hydroxylation is 1. The number of ether oxygens (including phenoxy) is 1. The smallest absolute Gasteiger partial charge is 0.324 e. The van der Waals surface area contributed by atoms with Gasteiger partial charge in [-0.15, -0.1) is 0 Å². The number of nitrogens with one attached hydrogen (secondary N) is 1. The molecule has 0 spiro atoms. The third-order valence-electron chi connectivity index (χ3n) is 3.56. The van der Waals surface area contributed by atoms with E-state index >= 15 is 0 Å². The summed E-state index contributed by atoms with van der Waals surface area (Å²) in [7, 11) is 0. The fourth-order valence-corrected chi connectivity index (χ4v) is 3.47. The first kappa shape index (κ1) is 16.8. The number of para-hydroxylation sites is 1. The first-order valence-corrected chi connectivity index (χ1v) is 8.61. The molecular weight excluding hydrogens is 300 g/mol. The maximum absolute atomic E-state index is 12.2. The van der Waals surface area contributed by atoms with E-state index in [0.29, 0.717) is 12.4 Å². The number of carbonyl (C=O) groups excluding carboxylic acids is 2. The Morgan fingerprint density at radius 3 is 2.91 bits per heavy atom. The Hall–Kier alpha value is -1.53. The molecule has 0 saturated carbocycles. The molecule has 6 heteroatoms. The topological polar surface area (TPSA) is 58.6 Å². The van der Waals surface area contributed by atoms with E-state index in [1.54, 1.807) is 18.7 Å². The fourth-order valence-electron chi connectivity index (χ4n) is 2.37. The Morgan fingerprint density at radius 1 is 1.41 bits per heavy atom. The van der Waals surface area contributed by atoms with Gasteiger partial charge in [0.2, 0.25) is 5.91 Å². The lowest BCUT2D eigenvalue weighted by molar-refractivity contribution is -0.148. The summed E-state index contributed by atoms with van der Waals surface area (Å²) in [5, 5.41) is 2.91. The molecule has 1 aliphatic heterocycles. The number of amides is 1. The molecule has 1 aromatic rings. The van der Waals surface area contributed by atoms with Crippen molar-refractivity contribution < 1.29 is 14.3 Å². The van der Waals surface area contributed by atoms with Crippen molar-refractivity contribution in [2.45, 2.75) is 19.9 Å².